The summed E-state index contributed by atoms with van der Waals surface area (Å²) in [5.74, 6) is -0.0621. The maximum absolute atomic E-state index is 11.2. The van der Waals surface area contributed by atoms with Crippen molar-refractivity contribution in [1.82, 2.24) is 9.97 Å². The van der Waals surface area contributed by atoms with E-state index in [1.165, 1.54) is 6.07 Å². The van der Waals surface area contributed by atoms with Crippen molar-refractivity contribution in [2.24, 2.45) is 0 Å². The molecule has 0 saturated heterocycles. The summed E-state index contributed by atoms with van der Waals surface area (Å²) in [7, 11) is 0. The van der Waals surface area contributed by atoms with Crippen molar-refractivity contribution in [2.75, 3.05) is 5.32 Å². The van der Waals surface area contributed by atoms with Crippen LogP contribution < -0.4 is 5.32 Å². The van der Waals surface area contributed by atoms with Gasteiger partial charge >= 0.3 is 5.97 Å². The molecule has 1 saturated carbocycles. The highest BCUT2D eigenvalue weighted by Gasteiger charge is 2.50. The van der Waals surface area contributed by atoms with E-state index in [1.807, 2.05) is 0 Å². The number of nitrogens with zero attached hydrogens (tertiary/aromatic N) is 2. The summed E-state index contributed by atoms with van der Waals surface area (Å²) >= 11 is 11.8. The lowest BCUT2D eigenvalue weighted by Crippen LogP contribution is -2.31. The Morgan fingerprint density at radius 3 is 2.43 bits per heavy atom. The minimum absolute atomic E-state index is 0.249. The zero-order valence-electron chi connectivity index (χ0n) is 10.8. The first-order valence-corrected chi connectivity index (χ1v) is 7.06. The van der Waals surface area contributed by atoms with Gasteiger partial charge < -0.3 is 10.4 Å². The van der Waals surface area contributed by atoms with Crippen molar-refractivity contribution in [2.45, 2.75) is 18.4 Å². The standard InChI is InChI=1S/C14H11Cl2N3O2/c15-9-3-1-8(2-4-9)12-17-10(16)7-11(18-12)19-14(5-6-14)13(20)21/h1-4,7H,5-6H2,(H,20,21)(H,17,18,19). The van der Waals surface area contributed by atoms with E-state index in [1.54, 1.807) is 24.3 Å². The van der Waals surface area contributed by atoms with Crippen LogP contribution in [0.25, 0.3) is 11.4 Å². The number of anilines is 1. The predicted molar refractivity (Wildman–Crippen MR) is 80.7 cm³/mol. The van der Waals surface area contributed by atoms with Gasteiger partial charge in [0.2, 0.25) is 0 Å². The van der Waals surface area contributed by atoms with Gasteiger partial charge in [0.1, 0.15) is 16.5 Å². The predicted octanol–water partition coefficient (Wildman–Crippen LogP) is 3.48. The molecule has 0 amide bonds. The SMILES string of the molecule is O=C(O)C1(Nc2cc(Cl)nc(-c3ccc(Cl)cc3)n2)CC1. The zero-order chi connectivity index (χ0) is 15.0. The van der Waals surface area contributed by atoms with Gasteiger partial charge in [-0.25, -0.2) is 14.8 Å². The Labute approximate surface area is 130 Å². The van der Waals surface area contributed by atoms with Crippen molar-refractivity contribution >= 4 is 35.0 Å². The molecular weight excluding hydrogens is 313 g/mol. The largest absolute Gasteiger partial charge is 0.480 e. The third-order valence-electron chi connectivity index (χ3n) is 3.32. The summed E-state index contributed by atoms with van der Waals surface area (Å²) in [6.07, 6.45) is 1.14. The van der Waals surface area contributed by atoms with Crippen LogP contribution in [0.3, 0.4) is 0 Å². The van der Waals surface area contributed by atoms with Gasteiger partial charge in [-0.05, 0) is 37.1 Å². The second-order valence-electron chi connectivity index (χ2n) is 4.92. The third kappa shape index (κ3) is 2.94. The van der Waals surface area contributed by atoms with E-state index in [0.717, 1.165) is 5.56 Å². The fraction of sp³-hybridized carbons (Fsp3) is 0.214. The molecule has 1 heterocycles. The van der Waals surface area contributed by atoms with Crippen molar-refractivity contribution in [3.63, 3.8) is 0 Å². The molecule has 3 rings (SSSR count). The quantitative estimate of drug-likeness (QED) is 0.842. The van der Waals surface area contributed by atoms with E-state index < -0.39 is 11.5 Å². The van der Waals surface area contributed by atoms with Crippen LogP contribution >= 0.6 is 23.2 Å². The lowest BCUT2D eigenvalue weighted by atomic mass is 10.2. The first-order valence-electron chi connectivity index (χ1n) is 6.31. The monoisotopic (exact) mass is 323 g/mol. The number of carboxylic acids is 1. The minimum Gasteiger partial charge on any atom is -0.480 e. The number of aromatic nitrogens is 2. The molecule has 2 N–H and O–H groups in total. The van der Waals surface area contributed by atoms with Gasteiger partial charge in [0, 0.05) is 16.7 Å². The summed E-state index contributed by atoms with van der Waals surface area (Å²) in [4.78, 5) is 19.7. The molecular formula is C14H11Cl2N3O2. The van der Waals surface area contributed by atoms with Gasteiger partial charge in [-0.2, -0.15) is 0 Å². The summed E-state index contributed by atoms with van der Waals surface area (Å²) in [5, 5.41) is 13.0. The highest BCUT2D eigenvalue weighted by molar-refractivity contribution is 6.30. The highest BCUT2D eigenvalue weighted by atomic mass is 35.5. The van der Waals surface area contributed by atoms with Crippen LogP contribution in [-0.2, 0) is 4.79 Å². The third-order valence-corrected chi connectivity index (χ3v) is 3.77. The lowest BCUT2D eigenvalue weighted by Gasteiger charge is -2.14. The van der Waals surface area contributed by atoms with Gasteiger partial charge in [0.05, 0.1) is 0 Å². The van der Waals surface area contributed by atoms with E-state index in [-0.39, 0.29) is 5.15 Å². The van der Waals surface area contributed by atoms with Gasteiger partial charge in [-0.1, -0.05) is 23.2 Å². The number of benzene rings is 1. The Bertz CT molecular complexity index is 700. The number of halogens is 2. The number of hydrogen-bond acceptors (Lipinski definition) is 4. The maximum Gasteiger partial charge on any atom is 0.329 e. The molecule has 0 spiro atoms. The van der Waals surface area contributed by atoms with E-state index >= 15 is 0 Å². The fourth-order valence-corrected chi connectivity index (χ4v) is 2.28. The minimum atomic E-state index is -0.922. The van der Waals surface area contributed by atoms with Crippen molar-refractivity contribution < 1.29 is 9.90 Å². The zero-order valence-corrected chi connectivity index (χ0v) is 12.3. The average Bonchev–Trinajstić information content (AvgIpc) is 3.20. The summed E-state index contributed by atoms with van der Waals surface area (Å²) in [6, 6.07) is 8.54. The van der Waals surface area contributed by atoms with E-state index in [4.69, 9.17) is 23.2 Å². The molecule has 0 bridgehead atoms. The fourth-order valence-electron chi connectivity index (χ4n) is 1.97. The Hall–Kier alpha value is -1.85. The molecule has 0 unspecified atom stereocenters. The molecule has 0 radical (unpaired) electrons. The normalized spacial score (nSPS) is 15.5. The number of carbonyl (C=O) groups is 1. The van der Waals surface area contributed by atoms with Crippen molar-refractivity contribution in [3.8, 4) is 11.4 Å². The first kappa shape index (κ1) is 14.1. The maximum atomic E-state index is 11.2. The van der Waals surface area contributed by atoms with Crippen LogP contribution in [0.15, 0.2) is 30.3 Å². The van der Waals surface area contributed by atoms with E-state index in [9.17, 15) is 9.90 Å². The molecule has 7 heteroatoms. The second-order valence-corrected chi connectivity index (χ2v) is 5.74. The molecule has 1 fully saturated rings. The van der Waals surface area contributed by atoms with Gasteiger partial charge in [-0.15, -0.1) is 0 Å². The molecule has 1 aliphatic carbocycles. The Balaban J connectivity index is 1.93. The number of carboxylic acid groups (broad SMARTS) is 1. The van der Waals surface area contributed by atoms with Gasteiger partial charge in [0.15, 0.2) is 5.82 Å². The lowest BCUT2D eigenvalue weighted by molar-refractivity contribution is -0.138. The Kier molecular flexibility index (Phi) is 3.47. The Morgan fingerprint density at radius 2 is 1.86 bits per heavy atom. The number of aliphatic carboxylic acids is 1. The summed E-state index contributed by atoms with van der Waals surface area (Å²) in [5.41, 5.74) is -0.167. The van der Waals surface area contributed by atoms with Crippen LogP contribution in [-0.4, -0.2) is 26.6 Å². The van der Waals surface area contributed by atoms with Crippen LogP contribution in [0.5, 0.6) is 0 Å². The molecule has 5 nitrogen and oxygen atoms in total. The topological polar surface area (TPSA) is 75.1 Å². The number of rotatable bonds is 4. The molecule has 0 atom stereocenters. The van der Waals surface area contributed by atoms with Crippen LogP contribution in [0.1, 0.15) is 12.8 Å². The Morgan fingerprint density at radius 1 is 1.19 bits per heavy atom. The molecule has 1 aromatic carbocycles. The highest BCUT2D eigenvalue weighted by Crippen LogP contribution is 2.39. The smallest absolute Gasteiger partial charge is 0.329 e. The van der Waals surface area contributed by atoms with Crippen LogP contribution in [0, 0.1) is 0 Å². The van der Waals surface area contributed by atoms with E-state index in [0.29, 0.717) is 29.5 Å². The van der Waals surface area contributed by atoms with Crippen molar-refractivity contribution in [3.05, 3.63) is 40.5 Å². The average molecular weight is 324 g/mol. The number of nitrogens with one attached hydrogen (secondary N) is 1. The van der Waals surface area contributed by atoms with Crippen LogP contribution in [0.2, 0.25) is 10.2 Å². The van der Waals surface area contributed by atoms with Gasteiger partial charge in [0.25, 0.3) is 0 Å². The van der Waals surface area contributed by atoms with E-state index in [2.05, 4.69) is 15.3 Å². The molecule has 0 aliphatic heterocycles. The molecule has 21 heavy (non-hydrogen) atoms. The molecule has 1 aromatic heterocycles. The number of hydrogen-bond donors (Lipinski definition) is 2. The molecule has 2 aromatic rings. The second kappa shape index (κ2) is 5.16. The molecule has 108 valence electrons. The first-order chi connectivity index (χ1) is 9.98. The van der Waals surface area contributed by atoms with Crippen LogP contribution in [0.4, 0.5) is 5.82 Å². The summed E-state index contributed by atoms with van der Waals surface area (Å²) in [6.45, 7) is 0. The van der Waals surface area contributed by atoms with Gasteiger partial charge in [-0.3, -0.25) is 0 Å². The van der Waals surface area contributed by atoms with Crippen molar-refractivity contribution in [1.29, 1.82) is 0 Å². The summed E-state index contributed by atoms with van der Waals surface area (Å²) < 4.78 is 0. The molecule has 1 aliphatic rings.